The third-order valence-electron chi connectivity index (χ3n) is 1.81. The maximum Gasteiger partial charge on any atom is 0.128 e. The molecule has 1 aromatic rings. The number of nitrogens with zero attached hydrogens (tertiary/aromatic N) is 2. The van der Waals surface area contributed by atoms with E-state index < -0.39 is 0 Å². The van der Waals surface area contributed by atoms with Gasteiger partial charge in [0.1, 0.15) is 5.82 Å². The Kier molecular flexibility index (Phi) is 2.93. The van der Waals surface area contributed by atoms with E-state index in [1.165, 1.54) is 5.56 Å². The predicted molar refractivity (Wildman–Crippen MR) is 52.9 cm³/mol. The molecule has 2 nitrogen and oxygen atoms in total. The molecule has 0 aliphatic rings. The molecule has 0 amide bonds. The summed E-state index contributed by atoms with van der Waals surface area (Å²) in [6.07, 6.45) is 1.83. The molecule has 0 spiro atoms. The highest BCUT2D eigenvalue weighted by Gasteiger charge is 2.00. The fourth-order valence-corrected chi connectivity index (χ4v) is 1.23. The quantitative estimate of drug-likeness (QED) is 0.656. The molecule has 12 heavy (non-hydrogen) atoms. The molecule has 0 aromatic carbocycles. The largest absolute Gasteiger partial charge is 0.363 e. The van der Waals surface area contributed by atoms with Crippen LogP contribution in [-0.4, -0.2) is 19.1 Å². The summed E-state index contributed by atoms with van der Waals surface area (Å²) >= 11 is 5.71. The summed E-state index contributed by atoms with van der Waals surface area (Å²) in [7, 11) is 3.95. The second-order valence-electron chi connectivity index (χ2n) is 3.00. The molecule has 3 heteroatoms. The number of aryl methyl sites for hydroxylation is 1. The van der Waals surface area contributed by atoms with Crippen LogP contribution in [0, 0.1) is 6.92 Å². The topological polar surface area (TPSA) is 16.1 Å². The number of anilines is 1. The van der Waals surface area contributed by atoms with Crippen molar-refractivity contribution in [3.8, 4) is 0 Å². The number of halogens is 1. The predicted octanol–water partition coefficient (Wildman–Crippen LogP) is 2.19. The zero-order chi connectivity index (χ0) is 9.14. The highest BCUT2D eigenvalue weighted by Crippen LogP contribution is 2.14. The van der Waals surface area contributed by atoms with Crippen molar-refractivity contribution in [2.24, 2.45) is 0 Å². The van der Waals surface area contributed by atoms with Crippen LogP contribution in [0.3, 0.4) is 0 Å². The second-order valence-corrected chi connectivity index (χ2v) is 3.26. The number of hydrogen-bond acceptors (Lipinski definition) is 2. The van der Waals surface area contributed by atoms with Crippen molar-refractivity contribution >= 4 is 17.4 Å². The molecule has 0 aliphatic carbocycles. The zero-order valence-electron chi connectivity index (χ0n) is 7.63. The minimum Gasteiger partial charge on any atom is -0.363 e. The van der Waals surface area contributed by atoms with Crippen molar-refractivity contribution in [1.29, 1.82) is 0 Å². The Morgan fingerprint density at radius 1 is 1.50 bits per heavy atom. The van der Waals surface area contributed by atoms with E-state index in [-0.39, 0.29) is 0 Å². The Balaban J connectivity index is 3.02. The fraction of sp³-hybridized carbons (Fsp3) is 0.444. The number of aromatic nitrogens is 1. The van der Waals surface area contributed by atoms with Gasteiger partial charge in [0.05, 0.1) is 0 Å². The minimum absolute atomic E-state index is 0.534. The first-order valence-electron chi connectivity index (χ1n) is 3.84. The molecule has 0 bridgehead atoms. The van der Waals surface area contributed by atoms with Gasteiger partial charge in [0.15, 0.2) is 0 Å². The van der Waals surface area contributed by atoms with E-state index in [1.807, 2.05) is 38.2 Å². The van der Waals surface area contributed by atoms with E-state index in [1.54, 1.807) is 0 Å². The molecule has 1 rings (SSSR count). The first-order chi connectivity index (χ1) is 5.65. The second kappa shape index (κ2) is 3.76. The molecule has 1 heterocycles. The van der Waals surface area contributed by atoms with Crippen LogP contribution in [0.5, 0.6) is 0 Å². The van der Waals surface area contributed by atoms with E-state index >= 15 is 0 Å². The van der Waals surface area contributed by atoms with Gasteiger partial charge in [-0.2, -0.15) is 0 Å². The van der Waals surface area contributed by atoms with Crippen molar-refractivity contribution in [2.45, 2.75) is 12.8 Å². The van der Waals surface area contributed by atoms with Crippen LogP contribution in [0.4, 0.5) is 5.82 Å². The van der Waals surface area contributed by atoms with Crippen molar-refractivity contribution in [1.82, 2.24) is 4.98 Å². The lowest BCUT2D eigenvalue weighted by Gasteiger charge is -2.12. The molecular weight excluding hydrogens is 172 g/mol. The van der Waals surface area contributed by atoms with Gasteiger partial charge in [-0.25, -0.2) is 4.98 Å². The van der Waals surface area contributed by atoms with Gasteiger partial charge < -0.3 is 4.90 Å². The Morgan fingerprint density at radius 2 is 2.17 bits per heavy atom. The van der Waals surface area contributed by atoms with Crippen LogP contribution in [0.1, 0.15) is 11.1 Å². The van der Waals surface area contributed by atoms with Crippen LogP contribution in [0.25, 0.3) is 0 Å². The molecule has 1 aromatic heterocycles. The maximum absolute atomic E-state index is 5.71. The smallest absolute Gasteiger partial charge is 0.128 e. The normalized spacial score (nSPS) is 10.0. The van der Waals surface area contributed by atoms with Gasteiger partial charge in [0, 0.05) is 26.2 Å². The summed E-state index contributed by atoms with van der Waals surface area (Å²) in [5.41, 5.74) is 2.30. The third-order valence-corrected chi connectivity index (χ3v) is 2.09. The molecule has 0 saturated heterocycles. The lowest BCUT2D eigenvalue weighted by Crippen LogP contribution is -2.10. The molecule has 0 atom stereocenters. The van der Waals surface area contributed by atoms with Gasteiger partial charge in [-0.15, -0.1) is 11.6 Å². The highest BCUT2D eigenvalue weighted by atomic mass is 35.5. The van der Waals surface area contributed by atoms with Crippen molar-refractivity contribution in [3.63, 3.8) is 0 Å². The van der Waals surface area contributed by atoms with Crippen LogP contribution in [0.15, 0.2) is 12.3 Å². The molecule has 0 aliphatic heterocycles. The third kappa shape index (κ3) is 1.89. The molecule has 0 unspecified atom stereocenters. The number of alkyl halides is 1. The van der Waals surface area contributed by atoms with Crippen molar-refractivity contribution < 1.29 is 0 Å². The molecular formula is C9H13ClN2. The SMILES string of the molecule is Cc1cc(N(C)C)ncc1CCl. The van der Waals surface area contributed by atoms with E-state index in [4.69, 9.17) is 11.6 Å². The molecule has 66 valence electrons. The molecule has 0 saturated carbocycles. The first-order valence-corrected chi connectivity index (χ1v) is 4.37. The minimum atomic E-state index is 0.534. The maximum atomic E-state index is 5.71. The van der Waals surface area contributed by atoms with Gasteiger partial charge in [-0.05, 0) is 24.1 Å². The fourth-order valence-electron chi connectivity index (χ4n) is 0.954. The van der Waals surface area contributed by atoms with E-state index in [0.717, 1.165) is 11.4 Å². The Labute approximate surface area is 78.2 Å². The number of rotatable bonds is 2. The lowest BCUT2D eigenvalue weighted by atomic mass is 10.2. The zero-order valence-corrected chi connectivity index (χ0v) is 8.39. The van der Waals surface area contributed by atoms with Gasteiger partial charge in [0.25, 0.3) is 0 Å². The number of hydrogen-bond donors (Lipinski definition) is 0. The summed E-state index contributed by atoms with van der Waals surface area (Å²) < 4.78 is 0. The average Bonchev–Trinajstić information content (AvgIpc) is 2.04. The van der Waals surface area contributed by atoms with Crippen LogP contribution in [-0.2, 0) is 5.88 Å². The highest BCUT2D eigenvalue weighted by molar-refractivity contribution is 6.17. The monoisotopic (exact) mass is 184 g/mol. The van der Waals surface area contributed by atoms with Crippen molar-refractivity contribution in [3.05, 3.63) is 23.4 Å². The van der Waals surface area contributed by atoms with Crippen LogP contribution >= 0.6 is 11.6 Å². The standard InChI is InChI=1S/C9H13ClN2/c1-7-4-9(12(2)3)11-6-8(7)5-10/h4,6H,5H2,1-3H3. The molecule has 0 N–H and O–H groups in total. The Morgan fingerprint density at radius 3 is 2.58 bits per heavy atom. The summed E-state index contributed by atoms with van der Waals surface area (Å²) in [4.78, 5) is 6.23. The lowest BCUT2D eigenvalue weighted by molar-refractivity contribution is 1.05. The van der Waals surface area contributed by atoms with Crippen molar-refractivity contribution in [2.75, 3.05) is 19.0 Å². The molecule has 0 fully saturated rings. The van der Waals surface area contributed by atoms with Gasteiger partial charge in [-0.1, -0.05) is 0 Å². The van der Waals surface area contributed by atoms with Crippen LogP contribution in [0.2, 0.25) is 0 Å². The van der Waals surface area contributed by atoms with Crippen LogP contribution < -0.4 is 4.90 Å². The Bertz CT molecular complexity index is 271. The van der Waals surface area contributed by atoms with Gasteiger partial charge >= 0.3 is 0 Å². The molecule has 0 radical (unpaired) electrons. The Hall–Kier alpha value is -0.760. The summed E-state index contributed by atoms with van der Waals surface area (Å²) in [5, 5.41) is 0. The average molecular weight is 185 g/mol. The van der Waals surface area contributed by atoms with E-state index in [9.17, 15) is 0 Å². The van der Waals surface area contributed by atoms with E-state index in [0.29, 0.717) is 5.88 Å². The summed E-state index contributed by atoms with van der Waals surface area (Å²) in [6, 6.07) is 2.04. The number of pyridine rings is 1. The summed E-state index contributed by atoms with van der Waals surface area (Å²) in [5.74, 6) is 1.51. The van der Waals surface area contributed by atoms with E-state index in [2.05, 4.69) is 4.98 Å². The first kappa shape index (κ1) is 9.33. The summed E-state index contributed by atoms with van der Waals surface area (Å²) in [6.45, 7) is 2.05. The van der Waals surface area contributed by atoms with Gasteiger partial charge in [-0.3, -0.25) is 0 Å². The van der Waals surface area contributed by atoms with Gasteiger partial charge in [0.2, 0.25) is 0 Å².